The van der Waals surface area contributed by atoms with Crippen LogP contribution in [-0.2, 0) is 11.3 Å². The molecule has 1 aromatic carbocycles. The monoisotopic (exact) mass is 427 g/mol. The van der Waals surface area contributed by atoms with Gasteiger partial charge in [-0.15, -0.1) is 0 Å². The van der Waals surface area contributed by atoms with Crippen molar-refractivity contribution in [1.29, 1.82) is 0 Å². The summed E-state index contributed by atoms with van der Waals surface area (Å²) in [6.07, 6.45) is 6.24. The minimum absolute atomic E-state index is 0.397. The van der Waals surface area contributed by atoms with Gasteiger partial charge in [0.15, 0.2) is 0 Å². The highest BCUT2D eigenvalue weighted by Gasteiger charge is 2.28. The number of carbonyl (C=O) groups is 1. The molecule has 2 heterocycles. The van der Waals surface area contributed by atoms with Crippen LogP contribution in [0.4, 0.5) is 18.9 Å². The fourth-order valence-corrected chi connectivity index (χ4v) is 3.10. The fraction of sp³-hybridized carbons (Fsp3) is 0.136. The van der Waals surface area contributed by atoms with Gasteiger partial charge in [-0.05, 0) is 42.0 Å². The number of pyridine rings is 1. The molecule has 9 heteroatoms. The van der Waals surface area contributed by atoms with Crippen LogP contribution in [0.3, 0.4) is 0 Å². The van der Waals surface area contributed by atoms with E-state index in [1.807, 2.05) is 0 Å². The first-order chi connectivity index (χ1) is 14.8. The second kappa shape index (κ2) is 9.29. The van der Waals surface area contributed by atoms with E-state index in [0.29, 0.717) is 27.7 Å². The number of rotatable bonds is 6. The molecule has 0 aliphatic rings. The zero-order valence-corrected chi connectivity index (χ0v) is 16.6. The van der Waals surface area contributed by atoms with Gasteiger partial charge in [0, 0.05) is 71.9 Å². The number of halogens is 3. The zero-order valence-electron chi connectivity index (χ0n) is 16.6. The lowest BCUT2D eigenvalue weighted by Crippen LogP contribution is -2.16. The number of hydrogen-bond donors (Lipinski definition) is 2. The number of nitrogens with one attached hydrogen (secondary N) is 1. The van der Waals surface area contributed by atoms with Crippen molar-refractivity contribution in [2.75, 3.05) is 12.4 Å². The molecule has 31 heavy (non-hydrogen) atoms. The molecule has 0 saturated carbocycles. The van der Waals surface area contributed by atoms with Gasteiger partial charge in [0.05, 0.1) is 0 Å². The van der Waals surface area contributed by atoms with Crippen LogP contribution in [0.1, 0.15) is 11.1 Å². The van der Waals surface area contributed by atoms with Crippen molar-refractivity contribution >= 4 is 40.4 Å². The van der Waals surface area contributed by atoms with Crippen molar-refractivity contribution in [3.63, 3.8) is 0 Å². The highest BCUT2D eigenvalue weighted by molar-refractivity contribution is 6.11. The van der Waals surface area contributed by atoms with Gasteiger partial charge >= 0.3 is 6.18 Å². The summed E-state index contributed by atoms with van der Waals surface area (Å²) in [5.74, 6) is -0.397. The van der Waals surface area contributed by atoms with E-state index in [0.717, 1.165) is 10.1 Å². The first-order valence-corrected chi connectivity index (χ1v) is 9.24. The smallest absolute Gasteiger partial charge is 0.404 e. The predicted octanol–water partition coefficient (Wildman–Crippen LogP) is 4.25. The molecule has 0 atom stereocenters. The SMILES string of the molecule is CN=C/C(=C\N)c1ccncc1/C=C/C(=O)Nc1ccc2c(ccn2CC(F)(F)F)c1. The quantitative estimate of drug-likeness (QED) is 0.456. The maximum atomic E-state index is 12.7. The van der Waals surface area contributed by atoms with Gasteiger partial charge in [-0.25, -0.2) is 0 Å². The lowest BCUT2D eigenvalue weighted by Gasteiger charge is -2.09. The van der Waals surface area contributed by atoms with Gasteiger partial charge in [0.25, 0.3) is 0 Å². The summed E-state index contributed by atoms with van der Waals surface area (Å²) in [6.45, 7) is -1.07. The summed E-state index contributed by atoms with van der Waals surface area (Å²) < 4.78 is 39.1. The number of fused-ring (bicyclic) bond motifs is 1. The second-order valence-corrected chi connectivity index (χ2v) is 6.63. The molecular weight excluding hydrogens is 407 g/mol. The lowest BCUT2D eigenvalue weighted by atomic mass is 10.0. The molecule has 0 spiro atoms. The molecule has 2 aromatic heterocycles. The van der Waals surface area contributed by atoms with Crippen LogP contribution in [0.25, 0.3) is 22.6 Å². The Morgan fingerprint density at radius 1 is 1.29 bits per heavy atom. The highest BCUT2D eigenvalue weighted by atomic mass is 19.4. The Balaban J connectivity index is 1.76. The van der Waals surface area contributed by atoms with Gasteiger partial charge in [-0.3, -0.25) is 14.8 Å². The first kappa shape index (κ1) is 21.8. The topological polar surface area (TPSA) is 85.3 Å². The van der Waals surface area contributed by atoms with E-state index >= 15 is 0 Å². The van der Waals surface area contributed by atoms with Crippen LogP contribution >= 0.6 is 0 Å². The Kier molecular flexibility index (Phi) is 6.54. The van der Waals surface area contributed by atoms with E-state index in [1.165, 1.54) is 18.5 Å². The number of aromatic nitrogens is 2. The summed E-state index contributed by atoms with van der Waals surface area (Å²) in [5.41, 5.74) is 8.68. The number of carbonyl (C=O) groups excluding carboxylic acids is 1. The molecule has 160 valence electrons. The second-order valence-electron chi connectivity index (χ2n) is 6.63. The number of hydrogen-bond acceptors (Lipinski definition) is 4. The standard InChI is InChI=1S/C22H20F3N5O/c1-27-12-17(11-26)19-6-8-28-13-16(19)2-5-21(31)29-18-3-4-20-15(10-18)7-9-30(20)14-22(23,24)25/h2-13H,14,26H2,1H3,(H,29,31)/b5-2+,17-11+,27-12?. The van der Waals surface area contributed by atoms with Gasteiger partial charge in [0.2, 0.25) is 5.91 Å². The van der Waals surface area contributed by atoms with Crippen molar-refractivity contribution in [3.05, 3.63) is 72.3 Å². The Bertz CT molecular complexity index is 1180. The number of benzene rings is 1. The van der Waals surface area contributed by atoms with E-state index in [4.69, 9.17) is 5.73 Å². The molecule has 3 aromatic rings. The molecule has 3 rings (SSSR count). The summed E-state index contributed by atoms with van der Waals surface area (Å²) in [5, 5.41) is 3.30. The molecule has 0 unspecified atom stereocenters. The fourth-order valence-electron chi connectivity index (χ4n) is 3.10. The number of alkyl halides is 3. The number of allylic oxidation sites excluding steroid dienone is 1. The number of nitrogens with two attached hydrogens (primary N) is 1. The maximum absolute atomic E-state index is 12.7. The van der Waals surface area contributed by atoms with Crippen LogP contribution in [0.15, 0.2) is 66.2 Å². The Morgan fingerprint density at radius 2 is 2.10 bits per heavy atom. The van der Waals surface area contributed by atoms with Crippen molar-refractivity contribution < 1.29 is 18.0 Å². The normalized spacial score (nSPS) is 12.8. The average Bonchev–Trinajstić information content (AvgIpc) is 3.11. The van der Waals surface area contributed by atoms with Crippen molar-refractivity contribution in [2.45, 2.75) is 12.7 Å². The Labute approximate surface area is 176 Å². The van der Waals surface area contributed by atoms with Crippen LogP contribution in [0.5, 0.6) is 0 Å². The highest BCUT2D eigenvalue weighted by Crippen LogP contribution is 2.25. The van der Waals surface area contributed by atoms with E-state index in [-0.39, 0.29) is 0 Å². The molecule has 0 bridgehead atoms. The third kappa shape index (κ3) is 5.59. The maximum Gasteiger partial charge on any atom is 0.406 e. The number of anilines is 1. The van der Waals surface area contributed by atoms with Gasteiger partial charge in [0.1, 0.15) is 6.54 Å². The molecule has 0 fully saturated rings. The van der Waals surface area contributed by atoms with Crippen LogP contribution in [0, 0.1) is 0 Å². The third-order valence-electron chi connectivity index (χ3n) is 4.41. The zero-order chi connectivity index (χ0) is 22.4. The minimum Gasteiger partial charge on any atom is -0.404 e. The summed E-state index contributed by atoms with van der Waals surface area (Å²) in [4.78, 5) is 20.4. The molecule has 0 radical (unpaired) electrons. The molecular formula is C22H20F3N5O. The van der Waals surface area contributed by atoms with Crippen molar-refractivity contribution in [2.24, 2.45) is 10.7 Å². The molecule has 6 nitrogen and oxygen atoms in total. The number of aliphatic imine (C=N–C) groups is 1. The van der Waals surface area contributed by atoms with Crippen molar-refractivity contribution in [3.8, 4) is 0 Å². The molecule has 0 aliphatic heterocycles. The average molecular weight is 427 g/mol. The summed E-state index contributed by atoms with van der Waals surface area (Å²) in [6, 6.07) is 8.06. The number of nitrogens with zero attached hydrogens (tertiary/aromatic N) is 3. The molecule has 0 aliphatic carbocycles. The van der Waals surface area contributed by atoms with Crippen molar-refractivity contribution in [1.82, 2.24) is 9.55 Å². The third-order valence-corrected chi connectivity index (χ3v) is 4.41. The van der Waals surface area contributed by atoms with Gasteiger partial charge in [-0.2, -0.15) is 13.2 Å². The summed E-state index contributed by atoms with van der Waals surface area (Å²) >= 11 is 0. The summed E-state index contributed by atoms with van der Waals surface area (Å²) in [7, 11) is 1.63. The van der Waals surface area contributed by atoms with E-state index in [2.05, 4.69) is 15.3 Å². The molecule has 1 amide bonds. The van der Waals surface area contributed by atoms with E-state index in [9.17, 15) is 18.0 Å². The van der Waals surface area contributed by atoms with Crippen LogP contribution in [0.2, 0.25) is 0 Å². The van der Waals surface area contributed by atoms with E-state index in [1.54, 1.807) is 62.1 Å². The lowest BCUT2D eigenvalue weighted by molar-refractivity contribution is -0.139. The minimum atomic E-state index is -4.31. The molecule has 3 N–H and O–H groups in total. The van der Waals surface area contributed by atoms with Gasteiger partial charge in [-0.1, -0.05) is 0 Å². The largest absolute Gasteiger partial charge is 0.406 e. The van der Waals surface area contributed by atoms with Crippen LogP contribution in [-0.4, -0.2) is 34.9 Å². The Morgan fingerprint density at radius 3 is 2.81 bits per heavy atom. The molecule has 0 saturated heterocycles. The Hall–Kier alpha value is -3.88. The first-order valence-electron chi connectivity index (χ1n) is 9.24. The van der Waals surface area contributed by atoms with Crippen LogP contribution < -0.4 is 11.1 Å². The predicted molar refractivity (Wildman–Crippen MR) is 116 cm³/mol. The van der Waals surface area contributed by atoms with E-state index < -0.39 is 18.6 Å². The number of amides is 1. The van der Waals surface area contributed by atoms with Gasteiger partial charge < -0.3 is 15.6 Å².